The van der Waals surface area contributed by atoms with Gasteiger partial charge in [0.25, 0.3) is 11.8 Å². The number of hydrogen-bond donors (Lipinski definition) is 0. The molecule has 0 fully saturated rings. The third kappa shape index (κ3) is 1.75. The van der Waals surface area contributed by atoms with Crippen molar-refractivity contribution >= 4 is 11.8 Å². The maximum atomic E-state index is 12.2. The Morgan fingerprint density at radius 1 is 1.18 bits per heavy atom. The SMILES string of the molecule is CCCc1cccc2c1C(=O)N(C(C)C)C2=O. The van der Waals surface area contributed by atoms with Gasteiger partial charge in [0.05, 0.1) is 11.1 Å². The standard InChI is InChI=1S/C14H17NO2/c1-4-6-10-7-5-8-11-12(10)14(17)15(9(2)3)13(11)16/h5,7-9H,4,6H2,1-3H3. The maximum absolute atomic E-state index is 12.2. The molecule has 0 unspecified atom stereocenters. The molecule has 3 heteroatoms. The van der Waals surface area contributed by atoms with E-state index in [0.29, 0.717) is 11.1 Å². The predicted octanol–water partition coefficient (Wildman–Crippen LogP) is 2.64. The Bertz CT molecular complexity index is 477. The first-order valence-electron chi connectivity index (χ1n) is 6.07. The van der Waals surface area contributed by atoms with Crippen LogP contribution in [0, 0.1) is 0 Å². The molecule has 2 rings (SSSR count). The van der Waals surface area contributed by atoms with Gasteiger partial charge in [0.15, 0.2) is 0 Å². The highest BCUT2D eigenvalue weighted by atomic mass is 16.2. The Morgan fingerprint density at radius 2 is 1.88 bits per heavy atom. The summed E-state index contributed by atoms with van der Waals surface area (Å²) in [6, 6.07) is 5.46. The molecule has 1 heterocycles. The molecule has 0 radical (unpaired) electrons. The van der Waals surface area contributed by atoms with Crippen molar-refractivity contribution in [2.45, 2.75) is 39.7 Å². The van der Waals surface area contributed by atoms with E-state index in [1.54, 1.807) is 6.07 Å². The van der Waals surface area contributed by atoms with Crippen LogP contribution >= 0.6 is 0 Å². The zero-order chi connectivity index (χ0) is 12.6. The van der Waals surface area contributed by atoms with Crippen molar-refractivity contribution in [3.8, 4) is 0 Å². The van der Waals surface area contributed by atoms with Crippen LogP contribution in [0.25, 0.3) is 0 Å². The number of aryl methyl sites for hydroxylation is 1. The molecule has 0 saturated carbocycles. The molecule has 17 heavy (non-hydrogen) atoms. The number of hydrogen-bond acceptors (Lipinski definition) is 2. The number of nitrogens with zero attached hydrogens (tertiary/aromatic N) is 1. The average molecular weight is 231 g/mol. The van der Waals surface area contributed by atoms with Gasteiger partial charge in [-0.05, 0) is 31.9 Å². The topological polar surface area (TPSA) is 37.4 Å². The summed E-state index contributed by atoms with van der Waals surface area (Å²) in [6.45, 7) is 5.79. The van der Waals surface area contributed by atoms with Crippen LogP contribution in [0.4, 0.5) is 0 Å². The summed E-state index contributed by atoms with van der Waals surface area (Å²) in [5.74, 6) is -0.290. The molecule has 1 aliphatic heterocycles. The predicted molar refractivity (Wildman–Crippen MR) is 66.1 cm³/mol. The Hall–Kier alpha value is -1.64. The van der Waals surface area contributed by atoms with Gasteiger partial charge >= 0.3 is 0 Å². The molecule has 1 aromatic carbocycles. The van der Waals surface area contributed by atoms with E-state index in [0.717, 1.165) is 18.4 Å². The largest absolute Gasteiger partial charge is 0.272 e. The second kappa shape index (κ2) is 4.32. The van der Waals surface area contributed by atoms with Crippen LogP contribution in [0.1, 0.15) is 53.5 Å². The second-order valence-corrected chi connectivity index (χ2v) is 4.66. The number of benzene rings is 1. The summed E-state index contributed by atoms with van der Waals surface area (Å²) in [5, 5.41) is 0. The van der Waals surface area contributed by atoms with Crippen molar-refractivity contribution < 1.29 is 9.59 Å². The molecular formula is C14H17NO2. The van der Waals surface area contributed by atoms with E-state index in [2.05, 4.69) is 6.92 Å². The summed E-state index contributed by atoms with van der Waals surface area (Å²) < 4.78 is 0. The van der Waals surface area contributed by atoms with E-state index in [4.69, 9.17) is 0 Å². The first-order valence-corrected chi connectivity index (χ1v) is 6.07. The zero-order valence-electron chi connectivity index (χ0n) is 10.5. The monoisotopic (exact) mass is 231 g/mol. The van der Waals surface area contributed by atoms with Gasteiger partial charge in [-0.1, -0.05) is 25.5 Å². The van der Waals surface area contributed by atoms with Gasteiger partial charge < -0.3 is 0 Å². The van der Waals surface area contributed by atoms with Crippen molar-refractivity contribution in [1.82, 2.24) is 4.90 Å². The summed E-state index contributed by atoms with van der Waals surface area (Å²) in [4.78, 5) is 25.7. The van der Waals surface area contributed by atoms with Gasteiger partial charge in [0, 0.05) is 6.04 Å². The van der Waals surface area contributed by atoms with Gasteiger partial charge in [0.1, 0.15) is 0 Å². The molecule has 90 valence electrons. The fraction of sp³-hybridized carbons (Fsp3) is 0.429. The van der Waals surface area contributed by atoms with E-state index in [1.165, 1.54) is 4.90 Å². The normalized spacial score (nSPS) is 14.7. The molecular weight excluding hydrogens is 214 g/mol. The molecule has 0 N–H and O–H groups in total. The number of imide groups is 1. The maximum Gasteiger partial charge on any atom is 0.262 e. The minimum atomic E-state index is -0.155. The van der Waals surface area contributed by atoms with E-state index in [1.807, 2.05) is 26.0 Å². The average Bonchev–Trinajstić information content (AvgIpc) is 2.53. The molecule has 2 amide bonds. The van der Waals surface area contributed by atoms with Crippen molar-refractivity contribution in [3.63, 3.8) is 0 Å². The van der Waals surface area contributed by atoms with Gasteiger partial charge in [-0.25, -0.2) is 0 Å². The molecule has 0 atom stereocenters. The van der Waals surface area contributed by atoms with Gasteiger partial charge in [-0.15, -0.1) is 0 Å². The van der Waals surface area contributed by atoms with Crippen LogP contribution in [0.2, 0.25) is 0 Å². The third-order valence-electron chi connectivity index (χ3n) is 3.07. The lowest BCUT2D eigenvalue weighted by Gasteiger charge is -2.17. The molecule has 0 saturated heterocycles. The quantitative estimate of drug-likeness (QED) is 0.750. The van der Waals surface area contributed by atoms with Gasteiger partial charge in [-0.3, -0.25) is 14.5 Å². The van der Waals surface area contributed by atoms with Crippen molar-refractivity contribution in [2.24, 2.45) is 0 Å². The molecule has 1 aliphatic rings. The highest BCUT2D eigenvalue weighted by Gasteiger charge is 2.38. The van der Waals surface area contributed by atoms with E-state index < -0.39 is 0 Å². The first kappa shape index (κ1) is 11.8. The van der Waals surface area contributed by atoms with Crippen LogP contribution in [-0.4, -0.2) is 22.8 Å². The smallest absolute Gasteiger partial charge is 0.262 e. The Labute approximate surface area is 101 Å². The number of rotatable bonds is 3. The van der Waals surface area contributed by atoms with E-state index in [-0.39, 0.29) is 17.9 Å². The third-order valence-corrected chi connectivity index (χ3v) is 3.07. The van der Waals surface area contributed by atoms with Crippen LogP contribution in [0.3, 0.4) is 0 Å². The lowest BCUT2D eigenvalue weighted by Crippen LogP contribution is -2.36. The zero-order valence-corrected chi connectivity index (χ0v) is 10.5. The Kier molecular flexibility index (Phi) is 3.01. The number of carbonyl (C=O) groups is 2. The molecule has 0 spiro atoms. The van der Waals surface area contributed by atoms with Gasteiger partial charge in [0.2, 0.25) is 0 Å². The fourth-order valence-corrected chi connectivity index (χ4v) is 2.32. The molecule has 0 aromatic heterocycles. The second-order valence-electron chi connectivity index (χ2n) is 4.66. The molecule has 0 bridgehead atoms. The Balaban J connectivity index is 2.53. The first-order chi connectivity index (χ1) is 8.07. The van der Waals surface area contributed by atoms with Gasteiger partial charge in [-0.2, -0.15) is 0 Å². The minimum absolute atomic E-state index is 0.0862. The van der Waals surface area contributed by atoms with Crippen molar-refractivity contribution in [2.75, 3.05) is 0 Å². The summed E-state index contributed by atoms with van der Waals surface area (Å²) in [7, 11) is 0. The minimum Gasteiger partial charge on any atom is -0.272 e. The van der Waals surface area contributed by atoms with Crippen molar-refractivity contribution in [1.29, 1.82) is 0 Å². The van der Waals surface area contributed by atoms with Crippen LogP contribution in [0.5, 0.6) is 0 Å². The lowest BCUT2D eigenvalue weighted by atomic mass is 9.99. The molecule has 3 nitrogen and oxygen atoms in total. The molecule has 1 aromatic rings. The molecule has 0 aliphatic carbocycles. The highest BCUT2D eigenvalue weighted by molar-refractivity contribution is 6.22. The summed E-state index contributed by atoms with van der Waals surface area (Å²) in [6.07, 6.45) is 1.81. The van der Waals surface area contributed by atoms with Crippen LogP contribution in [-0.2, 0) is 6.42 Å². The fourth-order valence-electron chi connectivity index (χ4n) is 2.32. The summed E-state index contributed by atoms with van der Waals surface area (Å²) >= 11 is 0. The summed E-state index contributed by atoms with van der Waals surface area (Å²) in [5.41, 5.74) is 2.18. The number of amides is 2. The van der Waals surface area contributed by atoms with E-state index in [9.17, 15) is 9.59 Å². The Morgan fingerprint density at radius 3 is 2.47 bits per heavy atom. The highest BCUT2D eigenvalue weighted by Crippen LogP contribution is 2.28. The van der Waals surface area contributed by atoms with Crippen LogP contribution in [0.15, 0.2) is 18.2 Å². The van der Waals surface area contributed by atoms with E-state index >= 15 is 0 Å². The number of fused-ring (bicyclic) bond motifs is 1. The van der Waals surface area contributed by atoms with Crippen molar-refractivity contribution in [3.05, 3.63) is 34.9 Å². The number of carbonyl (C=O) groups excluding carboxylic acids is 2. The lowest BCUT2D eigenvalue weighted by molar-refractivity contribution is 0.0609. The van der Waals surface area contributed by atoms with Crippen LogP contribution < -0.4 is 0 Å².